The molecule has 0 saturated heterocycles. The molecule has 3 rings (SSSR count). The number of carbonyl (C=O) groups is 2. The Hall–Kier alpha value is -2.62. The van der Waals surface area contributed by atoms with Crippen molar-refractivity contribution in [2.75, 3.05) is 11.4 Å². The van der Waals surface area contributed by atoms with Crippen molar-refractivity contribution in [3.8, 4) is 5.75 Å². The van der Waals surface area contributed by atoms with Crippen LogP contribution in [0.2, 0.25) is 0 Å². The first-order valence-electron chi connectivity index (χ1n) is 9.29. The molecule has 0 aliphatic carbocycles. The summed E-state index contributed by atoms with van der Waals surface area (Å²) in [6.45, 7) is 4.37. The standard InChI is InChI=1S/C22H25NO3/c1-3-8-20(24)18-12-13-21-19(15-18)23(22(25)16(2)26-21)14-7-11-17-9-5-4-6-10-17/h4-6,9-10,12-13,15-16H,3,7-8,11,14H2,1-2H3. The second kappa shape index (κ2) is 8.17. The SMILES string of the molecule is CCCC(=O)c1ccc2c(c1)N(CCCc1ccccc1)C(=O)C(C)O2. The lowest BCUT2D eigenvalue weighted by molar-refractivity contribution is -0.125. The highest BCUT2D eigenvalue weighted by Crippen LogP contribution is 2.35. The fraction of sp³-hybridized carbons (Fsp3) is 0.364. The van der Waals surface area contributed by atoms with E-state index < -0.39 is 6.10 Å². The molecule has 2 aromatic rings. The largest absolute Gasteiger partial charge is 0.479 e. The van der Waals surface area contributed by atoms with Gasteiger partial charge in [0.2, 0.25) is 0 Å². The van der Waals surface area contributed by atoms with Gasteiger partial charge in [-0.2, -0.15) is 0 Å². The number of ether oxygens (including phenoxy) is 1. The minimum Gasteiger partial charge on any atom is -0.479 e. The third-order valence-corrected chi connectivity index (χ3v) is 4.66. The van der Waals surface area contributed by atoms with Gasteiger partial charge in [0, 0.05) is 18.5 Å². The van der Waals surface area contributed by atoms with Crippen LogP contribution in [0.1, 0.15) is 49.0 Å². The Kier molecular flexibility index (Phi) is 5.71. The van der Waals surface area contributed by atoms with Crippen LogP contribution in [0, 0.1) is 0 Å². The number of hydrogen-bond donors (Lipinski definition) is 0. The number of ketones is 1. The third-order valence-electron chi connectivity index (χ3n) is 4.66. The molecule has 0 radical (unpaired) electrons. The quantitative estimate of drug-likeness (QED) is 0.694. The van der Waals surface area contributed by atoms with Gasteiger partial charge in [0.15, 0.2) is 11.9 Å². The fourth-order valence-electron chi connectivity index (χ4n) is 3.27. The Morgan fingerprint density at radius 3 is 2.65 bits per heavy atom. The van der Waals surface area contributed by atoms with E-state index in [0.717, 1.165) is 19.3 Å². The van der Waals surface area contributed by atoms with E-state index in [1.165, 1.54) is 5.56 Å². The molecule has 0 fully saturated rings. The minimum atomic E-state index is -0.503. The lowest BCUT2D eigenvalue weighted by Crippen LogP contribution is -2.45. The Balaban J connectivity index is 1.79. The first-order valence-corrected chi connectivity index (χ1v) is 9.29. The highest BCUT2D eigenvalue weighted by Gasteiger charge is 2.31. The smallest absolute Gasteiger partial charge is 0.267 e. The Labute approximate surface area is 154 Å². The maximum atomic E-state index is 12.7. The number of rotatable bonds is 7. The number of Topliss-reactive ketones (excluding diaryl/α,β-unsaturated/α-hetero) is 1. The molecule has 4 nitrogen and oxygen atoms in total. The summed E-state index contributed by atoms with van der Waals surface area (Å²) in [5, 5.41) is 0. The average Bonchev–Trinajstić information content (AvgIpc) is 2.65. The molecule has 2 aromatic carbocycles. The number of amides is 1. The van der Waals surface area contributed by atoms with Gasteiger partial charge in [-0.25, -0.2) is 0 Å². The zero-order valence-electron chi connectivity index (χ0n) is 15.4. The lowest BCUT2D eigenvalue weighted by atomic mass is 10.0. The monoisotopic (exact) mass is 351 g/mol. The molecule has 0 saturated carbocycles. The van der Waals surface area contributed by atoms with Crippen LogP contribution in [-0.2, 0) is 11.2 Å². The van der Waals surface area contributed by atoms with Gasteiger partial charge in [0.25, 0.3) is 5.91 Å². The lowest BCUT2D eigenvalue weighted by Gasteiger charge is -2.33. The van der Waals surface area contributed by atoms with Crippen molar-refractivity contribution in [1.82, 2.24) is 0 Å². The van der Waals surface area contributed by atoms with Gasteiger partial charge in [-0.3, -0.25) is 9.59 Å². The predicted octanol–water partition coefficient (Wildman–Crippen LogP) is 4.42. The number of benzene rings is 2. The number of anilines is 1. The highest BCUT2D eigenvalue weighted by molar-refractivity contribution is 6.03. The van der Waals surface area contributed by atoms with Crippen LogP contribution in [0.4, 0.5) is 5.69 Å². The van der Waals surface area contributed by atoms with Crippen molar-refractivity contribution in [2.45, 2.75) is 45.6 Å². The van der Waals surface area contributed by atoms with E-state index in [1.807, 2.05) is 31.2 Å². The average molecular weight is 351 g/mol. The van der Waals surface area contributed by atoms with Gasteiger partial charge < -0.3 is 9.64 Å². The Morgan fingerprint density at radius 2 is 1.92 bits per heavy atom. The summed E-state index contributed by atoms with van der Waals surface area (Å²) in [6.07, 6.45) is 2.58. The van der Waals surface area contributed by atoms with Crippen LogP contribution in [0.3, 0.4) is 0 Å². The van der Waals surface area contributed by atoms with Crippen LogP contribution in [-0.4, -0.2) is 24.3 Å². The van der Waals surface area contributed by atoms with E-state index in [-0.39, 0.29) is 11.7 Å². The van der Waals surface area contributed by atoms with Crippen molar-refractivity contribution in [3.05, 3.63) is 59.7 Å². The van der Waals surface area contributed by atoms with Crippen molar-refractivity contribution in [1.29, 1.82) is 0 Å². The first kappa shape index (κ1) is 18.2. The summed E-state index contributed by atoms with van der Waals surface area (Å²) in [4.78, 5) is 26.7. The normalized spacial score (nSPS) is 16.2. The number of fused-ring (bicyclic) bond motifs is 1. The topological polar surface area (TPSA) is 46.6 Å². The van der Waals surface area contributed by atoms with Crippen LogP contribution in [0.25, 0.3) is 0 Å². The summed E-state index contributed by atoms with van der Waals surface area (Å²) in [6, 6.07) is 15.7. The van der Waals surface area contributed by atoms with Gasteiger partial charge in [-0.05, 0) is 49.9 Å². The van der Waals surface area contributed by atoms with Crippen molar-refractivity contribution in [3.63, 3.8) is 0 Å². The molecule has 0 N–H and O–H groups in total. The number of carbonyl (C=O) groups excluding carboxylic acids is 2. The molecule has 0 spiro atoms. The second-order valence-electron chi connectivity index (χ2n) is 6.69. The summed E-state index contributed by atoms with van der Waals surface area (Å²) in [7, 11) is 0. The van der Waals surface area contributed by atoms with Crippen LogP contribution < -0.4 is 9.64 Å². The molecule has 4 heteroatoms. The molecule has 1 atom stereocenters. The van der Waals surface area contributed by atoms with Gasteiger partial charge >= 0.3 is 0 Å². The molecular weight excluding hydrogens is 326 g/mol. The zero-order chi connectivity index (χ0) is 18.5. The summed E-state index contributed by atoms with van der Waals surface area (Å²) >= 11 is 0. The van der Waals surface area contributed by atoms with Gasteiger partial charge in [-0.15, -0.1) is 0 Å². The minimum absolute atomic E-state index is 0.0503. The molecule has 26 heavy (non-hydrogen) atoms. The molecule has 1 unspecified atom stereocenters. The van der Waals surface area contributed by atoms with E-state index in [9.17, 15) is 9.59 Å². The van der Waals surface area contributed by atoms with Crippen molar-refractivity contribution >= 4 is 17.4 Å². The van der Waals surface area contributed by atoms with Crippen molar-refractivity contribution in [2.24, 2.45) is 0 Å². The molecule has 1 aliphatic heterocycles. The maximum Gasteiger partial charge on any atom is 0.267 e. The maximum absolute atomic E-state index is 12.7. The fourth-order valence-corrected chi connectivity index (χ4v) is 3.27. The number of hydrogen-bond acceptors (Lipinski definition) is 3. The van der Waals surface area contributed by atoms with Crippen molar-refractivity contribution < 1.29 is 14.3 Å². The summed E-state index contributed by atoms with van der Waals surface area (Å²) in [5.74, 6) is 0.723. The van der Waals surface area contributed by atoms with Crippen LogP contribution in [0.5, 0.6) is 5.75 Å². The molecule has 1 aliphatic rings. The van der Waals surface area contributed by atoms with E-state index in [2.05, 4.69) is 12.1 Å². The van der Waals surface area contributed by atoms with E-state index >= 15 is 0 Å². The number of aryl methyl sites for hydroxylation is 1. The summed E-state index contributed by atoms with van der Waals surface area (Å²) in [5.41, 5.74) is 2.61. The van der Waals surface area contributed by atoms with Crippen LogP contribution in [0.15, 0.2) is 48.5 Å². The highest BCUT2D eigenvalue weighted by atomic mass is 16.5. The van der Waals surface area contributed by atoms with Crippen LogP contribution >= 0.6 is 0 Å². The Bertz CT molecular complexity index is 785. The zero-order valence-corrected chi connectivity index (χ0v) is 15.4. The third kappa shape index (κ3) is 3.96. The molecule has 1 amide bonds. The van der Waals surface area contributed by atoms with E-state index in [1.54, 1.807) is 24.0 Å². The second-order valence-corrected chi connectivity index (χ2v) is 6.69. The van der Waals surface area contributed by atoms with Gasteiger partial charge in [-0.1, -0.05) is 37.3 Å². The van der Waals surface area contributed by atoms with E-state index in [0.29, 0.717) is 30.0 Å². The molecule has 0 aromatic heterocycles. The van der Waals surface area contributed by atoms with Gasteiger partial charge in [0.1, 0.15) is 5.75 Å². The predicted molar refractivity (Wildman–Crippen MR) is 103 cm³/mol. The molecule has 0 bridgehead atoms. The summed E-state index contributed by atoms with van der Waals surface area (Å²) < 4.78 is 5.73. The number of nitrogens with zero attached hydrogens (tertiary/aromatic N) is 1. The Morgan fingerprint density at radius 1 is 1.15 bits per heavy atom. The first-order chi connectivity index (χ1) is 12.6. The molecule has 136 valence electrons. The molecule has 1 heterocycles. The molecular formula is C22H25NO3. The van der Waals surface area contributed by atoms with E-state index in [4.69, 9.17) is 4.74 Å². The van der Waals surface area contributed by atoms with Gasteiger partial charge in [0.05, 0.1) is 5.69 Å².